The van der Waals surface area contributed by atoms with Crippen molar-refractivity contribution in [2.24, 2.45) is 17.8 Å². The maximum atomic E-state index is 8.95. The van der Waals surface area contributed by atoms with E-state index in [-0.39, 0.29) is 0 Å². The molecule has 0 radical (unpaired) electrons. The minimum atomic E-state index is 0.300. The van der Waals surface area contributed by atoms with Crippen molar-refractivity contribution in [3.63, 3.8) is 0 Å². The molecule has 2 nitrogen and oxygen atoms in total. The SMILES string of the molecule is C[C@H](CSCCO)[C@@H]1CC[C@H](C)[C@H](SCCO)C1. The molecule has 0 aromatic rings. The van der Waals surface area contributed by atoms with Gasteiger partial charge in [0.2, 0.25) is 0 Å². The van der Waals surface area contributed by atoms with Gasteiger partial charge in [-0.1, -0.05) is 13.8 Å². The molecular weight excluding hydrogens is 264 g/mol. The van der Waals surface area contributed by atoms with E-state index in [0.717, 1.165) is 34.5 Å². The van der Waals surface area contributed by atoms with E-state index >= 15 is 0 Å². The fourth-order valence-electron chi connectivity index (χ4n) is 2.73. The lowest BCUT2D eigenvalue weighted by atomic mass is 9.77. The highest BCUT2D eigenvalue weighted by atomic mass is 32.2. The fourth-order valence-corrected chi connectivity index (χ4v) is 4.93. The predicted octanol–water partition coefficient (Wildman–Crippen LogP) is 2.88. The lowest BCUT2D eigenvalue weighted by Gasteiger charge is -2.36. The van der Waals surface area contributed by atoms with Gasteiger partial charge in [0.05, 0.1) is 13.2 Å². The Morgan fingerprint density at radius 1 is 1.17 bits per heavy atom. The van der Waals surface area contributed by atoms with Crippen LogP contribution in [0, 0.1) is 17.8 Å². The molecule has 1 rings (SSSR count). The summed E-state index contributed by atoms with van der Waals surface area (Å²) in [7, 11) is 0. The molecule has 0 aromatic heterocycles. The minimum absolute atomic E-state index is 0.300. The van der Waals surface area contributed by atoms with Gasteiger partial charge in [-0.05, 0) is 42.8 Å². The molecule has 0 spiro atoms. The van der Waals surface area contributed by atoms with Crippen LogP contribution >= 0.6 is 23.5 Å². The molecule has 1 saturated carbocycles. The summed E-state index contributed by atoms with van der Waals surface area (Å²) in [6.45, 7) is 5.32. The van der Waals surface area contributed by atoms with Crippen molar-refractivity contribution >= 4 is 23.5 Å². The van der Waals surface area contributed by atoms with E-state index in [0.29, 0.717) is 13.2 Å². The molecule has 1 aliphatic rings. The van der Waals surface area contributed by atoms with Crippen LogP contribution in [0.1, 0.15) is 33.1 Å². The number of hydrogen-bond donors (Lipinski definition) is 2. The summed E-state index contributed by atoms with van der Waals surface area (Å²) in [5.74, 6) is 5.33. The first-order valence-electron chi connectivity index (χ1n) is 7.10. The van der Waals surface area contributed by atoms with Gasteiger partial charge in [-0.2, -0.15) is 23.5 Å². The van der Waals surface area contributed by atoms with Crippen LogP contribution in [-0.2, 0) is 0 Å². The lowest BCUT2D eigenvalue weighted by Crippen LogP contribution is -2.30. The zero-order chi connectivity index (χ0) is 13.4. The third kappa shape index (κ3) is 5.72. The van der Waals surface area contributed by atoms with E-state index in [1.807, 2.05) is 23.5 Å². The molecule has 4 heteroatoms. The van der Waals surface area contributed by atoms with E-state index < -0.39 is 0 Å². The summed E-state index contributed by atoms with van der Waals surface area (Å²) in [5, 5.41) is 18.5. The second-order valence-corrected chi connectivity index (χ2v) is 7.96. The highest BCUT2D eigenvalue weighted by Crippen LogP contribution is 2.40. The summed E-state index contributed by atoms with van der Waals surface area (Å²) in [6, 6.07) is 0. The average molecular weight is 293 g/mol. The van der Waals surface area contributed by atoms with Crippen molar-refractivity contribution in [2.75, 3.05) is 30.5 Å². The molecule has 0 amide bonds. The van der Waals surface area contributed by atoms with Gasteiger partial charge in [-0.3, -0.25) is 0 Å². The standard InChI is InChI=1S/C14H28O2S2/c1-11-3-4-13(9-14(11)18-8-6-16)12(2)10-17-7-5-15/h11-16H,3-10H2,1-2H3/t11-,12+,13+,14+/m0/s1. The normalized spacial score (nSPS) is 30.3. The number of aliphatic hydroxyl groups excluding tert-OH is 2. The molecule has 0 bridgehead atoms. The summed E-state index contributed by atoms with van der Waals surface area (Å²) >= 11 is 3.84. The first-order chi connectivity index (χ1) is 8.69. The quantitative estimate of drug-likeness (QED) is 0.675. The molecule has 0 aromatic carbocycles. The molecule has 0 saturated heterocycles. The van der Waals surface area contributed by atoms with Gasteiger partial charge in [-0.25, -0.2) is 0 Å². The van der Waals surface area contributed by atoms with E-state index in [2.05, 4.69) is 13.8 Å². The van der Waals surface area contributed by atoms with Crippen LogP contribution in [0.25, 0.3) is 0 Å². The second kappa shape index (κ2) is 9.51. The number of aliphatic hydroxyl groups is 2. The lowest BCUT2D eigenvalue weighted by molar-refractivity contribution is 0.244. The summed E-state index contributed by atoms with van der Waals surface area (Å²) in [5.41, 5.74) is 0. The molecule has 108 valence electrons. The highest BCUT2D eigenvalue weighted by Gasteiger charge is 2.30. The largest absolute Gasteiger partial charge is 0.396 e. The van der Waals surface area contributed by atoms with Gasteiger partial charge in [0.1, 0.15) is 0 Å². The Kier molecular flexibility index (Phi) is 8.81. The third-order valence-corrected chi connectivity index (χ3v) is 6.74. The van der Waals surface area contributed by atoms with Crippen molar-refractivity contribution in [1.29, 1.82) is 0 Å². The second-order valence-electron chi connectivity index (χ2n) is 5.46. The number of rotatable bonds is 8. The highest BCUT2D eigenvalue weighted by molar-refractivity contribution is 8.00. The van der Waals surface area contributed by atoms with Crippen LogP contribution < -0.4 is 0 Å². The van der Waals surface area contributed by atoms with Gasteiger partial charge in [0.25, 0.3) is 0 Å². The van der Waals surface area contributed by atoms with Gasteiger partial charge in [0, 0.05) is 16.8 Å². The van der Waals surface area contributed by atoms with Crippen LogP contribution in [0.5, 0.6) is 0 Å². The molecule has 1 fully saturated rings. The monoisotopic (exact) mass is 292 g/mol. The van der Waals surface area contributed by atoms with E-state index in [9.17, 15) is 0 Å². The van der Waals surface area contributed by atoms with E-state index in [1.165, 1.54) is 25.0 Å². The summed E-state index contributed by atoms with van der Waals surface area (Å²) in [6.07, 6.45) is 4.01. The Hall–Kier alpha value is 0.620. The zero-order valence-corrected chi connectivity index (χ0v) is 13.3. The molecule has 18 heavy (non-hydrogen) atoms. The Labute approximate surface area is 120 Å². The average Bonchev–Trinajstić information content (AvgIpc) is 2.38. The maximum absolute atomic E-state index is 8.95. The van der Waals surface area contributed by atoms with Crippen LogP contribution in [-0.4, -0.2) is 45.9 Å². The summed E-state index contributed by atoms with van der Waals surface area (Å²) < 4.78 is 0. The van der Waals surface area contributed by atoms with E-state index in [1.54, 1.807) is 0 Å². The van der Waals surface area contributed by atoms with Gasteiger partial charge in [0.15, 0.2) is 0 Å². The summed E-state index contributed by atoms with van der Waals surface area (Å²) in [4.78, 5) is 0. The molecule has 0 aliphatic heterocycles. The third-order valence-electron chi connectivity index (χ3n) is 4.01. The molecule has 1 aliphatic carbocycles. The molecular formula is C14H28O2S2. The smallest absolute Gasteiger partial charge is 0.0521 e. The number of hydrogen-bond acceptors (Lipinski definition) is 4. The molecule has 0 heterocycles. The van der Waals surface area contributed by atoms with Crippen molar-refractivity contribution in [3.8, 4) is 0 Å². The first-order valence-corrected chi connectivity index (χ1v) is 9.30. The fraction of sp³-hybridized carbons (Fsp3) is 1.00. The predicted molar refractivity (Wildman–Crippen MR) is 83.4 cm³/mol. The van der Waals surface area contributed by atoms with Gasteiger partial charge < -0.3 is 10.2 Å². The van der Waals surface area contributed by atoms with Crippen LogP contribution in [0.4, 0.5) is 0 Å². The Balaban J connectivity index is 2.33. The maximum Gasteiger partial charge on any atom is 0.0521 e. The first kappa shape index (κ1) is 16.7. The van der Waals surface area contributed by atoms with Gasteiger partial charge in [-0.15, -0.1) is 0 Å². The molecule has 2 N–H and O–H groups in total. The van der Waals surface area contributed by atoms with Crippen molar-refractivity contribution in [3.05, 3.63) is 0 Å². The van der Waals surface area contributed by atoms with Crippen molar-refractivity contribution < 1.29 is 10.2 Å². The Morgan fingerprint density at radius 2 is 1.89 bits per heavy atom. The Morgan fingerprint density at radius 3 is 2.56 bits per heavy atom. The zero-order valence-electron chi connectivity index (χ0n) is 11.7. The van der Waals surface area contributed by atoms with Gasteiger partial charge >= 0.3 is 0 Å². The van der Waals surface area contributed by atoms with Crippen LogP contribution in [0.2, 0.25) is 0 Å². The topological polar surface area (TPSA) is 40.5 Å². The van der Waals surface area contributed by atoms with Crippen LogP contribution in [0.15, 0.2) is 0 Å². The molecule has 4 atom stereocenters. The Bertz CT molecular complexity index is 214. The minimum Gasteiger partial charge on any atom is -0.396 e. The number of thioether (sulfide) groups is 2. The van der Waals surface area contributed by atoms with E-state index in [4.69, 9.17) is 10.2 Å². The van der Waals surface area contributed by atoms with Crippen LogP contribution in [0.3, 0.4) is 0 Å². The van der Waals surface area contributed by atoms with Crippen molar-refractivity contribution in [2.45, 2.75) is 38.4 Å². The molecule has 0 unspecified atom stereocenters. The van der Waals surface area contributed by atoms with Crippen molar-refractivity contribution in [1.82, 2.24) is 0 Å².